The first-order chi connectivity index (χ1) is 56.5. The summed E-state index contributed by atoms with van der Waals surface area (Å²) in [6.45, 7) is 0. The molecule has 114 heavy (non-hydrogen) atoms. The van der Waals surface area contributed by atoms with E-state index in [0.29, 0.717) is 0 Å². The number of rotatable bonds is 9. The van der Waals surface area contributed by atoms with Crippen LogP contribution in [-0.4, -0.2) is 9.13 Å². The molecule has 0 unspecified atom stereocenters. The Kier molecular flexibility index (Phi) is 14.2. The van der Waals surface area contributed by atoms with Crippen molar-refractivity contribution in [3.63, 3.8) is 0 Å². The van der Waals surface area contributed by atoms with Gasteiger partial charge < -0.3 is 9.13 Å². The van der Waals surface area contributed by atoms with Gasteiger partial charge in [-0.25, -0.2) is 0 Å². The maximum Gasteiger partial charge on any atom is 0.0541 e. The number of benzene rings is 22. The molecule has 526 valence electrons. The lowest BCUT2D eigenvalue weighted by molar-refractivity contribution is 1.18. The van der Waals surface area contributed by atoms with Crippen LogP contribution in [0.15, 0.2) is 413 Å². The second-order valence-electron chi connectivity index (χ2n) is 31.0. The Morgan fingerprint density at radius 2 is 0.404 bits per heavy atom. The Bertz CT molecular complexity index is 8150. The van der Waals surface area contributed by atoms with Gasteiger partial charge in [-0.2, -0.15) is 0 Å². The molecule has 0 aliphatic rings. The van der Waals surface area contributed by atoms with Crippen molar-refractivity contribution >= 4 is 151 Å². The van der Waals surface area contributed by atoms with Crippen molar-refractivity contribution in [2.45, 2.75) is 0 Å². The molecule has 0 amide bonds. The molecule has 22 aromatic carbocycles. The lowest BCUT2D eigenvalue weighted by Crippen LogP contribution is -1.95. The summed E-state index contributed by atoms with van der Waals surface area (Å²) in [6.07, 6.45) is 0. The first-order valence-electron chi connectivity index (χ1n) is 39.6. The minimum absolute atomic E-state index is 1.12. The molecule has 0 N–H and O–H groups in total. The molecule has 0 atom stereocenters. The number of aromatic nitrogens is 2. The van der Waals surface area contributed by atoms with Crippen molar-refractivity contribution in [2.75, 3.05) is 0 Å². The van der Waals surface area contributed by atoms with Gasteiger partial charge in [0.25, 0.3) is 0 Å². The third kappa shape index (κ3) is 10.1. The fourth-order valence-corrected chi connectivity index (χ4v) is 19.4. The van der Waals surface area contributed by atoms with E-state index in [0.717, 1.165) is 11.4 Å². The molecule has 2 nitrogen and oxygen atoms in total. The second kappa shape index (κ2) is 25.3. The summed E-state index contributed by atoms with van der Waals surface area (Å²) < 4.78 is 4.86. The maximum absolute atomic E-state index is 2.46. The van der Waals surface area contributed by atoms with E-state index in [1.807, 2.05) is 0 Å². The SMILES string of the molecule is c1ccc2cc(-c3ccc4c(-c5ccc(-n6c7ccccc7c7ccccc76)cc5)c5ccccc5c(-c5ccc6cc7cc(-c8ccc9c(c8)c8ccccc8n9-c8ccc(-c9c%10ccccc%10c(-c%10ccc%11cc%12ccccc%12cc%11c%10)c%10cc(-c%11cccc%12ccccc%11%12)ccc9%10)cc8)ccc7cc6c5)c4c3)ccc2c1. The monoisotopic (exact) mass is 1440 g/mol. The van der Waals surface area contributed by atoms with Crippen LogP contribution in [0.4, 0.5) is 0 Å². The van der Waals surface area contributed by atoms with E-state index in [1.165, 1.54) is 229 Å². The summed E-state index contributed by atoms with van der Waals surface area (Å²) >= 11 is 0. The third-order valence-corrected chi connectivity index (χ3v) is 24.7. The number of hydrogen-bond donors (Lipinski definition) is 0. The first kappa shape index (κ1) is 63.9. The molecule has 0 aliphatic heterocycles. The summed E-state index contributed by atoms with van der Waals surface area (Å²) in [5, 5.41) is 29.6. The lowest BCUT2D eigenvalue weighted by atomic mass is 9.84. The molecule has 0 saturated carbocycles. The Labute approximate surface area is 657 Å². The van der Waals surface area contributed by atoms with Crippen molar-refractivity contribution in [1.82, 2.24) is 9.13 Å². The van der Waals surface area contributed by atoms with Crippen LogP contribution in [0.25, 0.3) is 241 Å². The highest BCUT2D eigenvalue weighted by atomic mass is 15.0. The summed E-state index contributed by atoms with van der Waals surface area (Å²) in [4.78, 5) is 0. The zero-order chi connectivity index (χ0) is 74.6. The predicted molar refractivity (Wildman–Crippen MR) is 488 cm³/mol. The van der Waals surface area contributed by atoms with Crippen molar-refractivity contribution in [3.05, 3.63) is 413 Å². The Hall–Kier alpha value is -15.0. The van der Waals surface area contributed by atoms with Crippen LogP contribution in [0.2, 0.25) is 0 Å². The zero-order valence-electron chi connectivity index (χ0n) is 62.2. The Morgan fingerprint density at radius 3 is 0.904 bits per heavy atom. The summed E-state index contributed by atoms with van der Waals surface area (Å²) in [5.41, 5.74) is 23.9. The Balaban J connectivity index is 0.595. The number of para-hydroxylation sites is 3. The summed E-state index contributed by atoms with van der Waals surface area (Å²) in [6, 6.07) is 155. The van der Waals surface area contributed by atoms with E-state index in [1.54, 1.807) is 0 Å². The highest BCUT2D eigenvalue weighted by Gasteiger charge is 2.24. The van der Waals surface area contributed by atoms with Crippen LogP contribution >= 0.6 is 0 Å². The van der Waals surface area contributed by atoms with Crippen molar-refractivity contribution < 1.29 is 0 Å². The normalized spacial score (nSPS) is 12.0. The molecule has 0 aliphatic carbocycles. The van der Waals surface area contributed by atoms with E-state index in [4.69, 9.17) is 0 Å². The highest BCUT2D eigenvalue weighted by molar-refractivity contribution is 6.25. The van der Waals surface area contributed by atoms with Gasteiger partial charge in [0.15, 0.2) is 0 Å². The minimum atomic E-state index is 1.12. The molecule has 0 spiro atoms. The summed E-state index contributed by atoms with van der Waals surface area (Å²) in [5.74, 6) is 0. The zero-order valence-corrected chi connectivity index (χ0v) is 62.2. The quantitative estimate of drug-likeness (QED) is 0.128. The van der Waals surface area contributed by atoms with Gasteiger partial charge in [0.2, 0.25) is 0 Å². The third-order valence-electron chi connectivity index (χ3n) is 24.7. The van der Waals surface area contributed by atoms with Gasteiger partial charge in [0.1, 0.15) is 0 Å². The number of nitrogens with zero attached hydrogens (tertiary/aromatic N) is 2. The maximum atomic E-state index is 2.46. The molecule has 2 aromatic heterocycles. The predicted octanol–water partition coefficient (Wildman–Crippen LogP) is 31.1. The molecule has 0 saturated heterocycles. The van der Waals surface area contributed by atoms with E-state index >= 15 is 0 Å². The average molecular weight is 1440 g/mol. The van der Waals surface area contributed by atoms with E-state index in [2.05, 4.69) is 422 Å². The average Bonchev–Trinajstić information content (AvgIpc) is 0.754. The van der Waals surface area contributed by atoms with Gasteiger partial charge >= 0.3 is 0 Å². The van der Waals surface area contributed by atoms with E-state index in [9.17, 15) is 0 Å². The van der Waals surface area contributed by atoms with E-state index < -0.39 is 0 Å². The number of hydrogen-bond acceptors (Lipinski definition) is 0. The van der Waals surface area contributed by atoms with Gasteiger partial charge in [-0.3, -0.25) is 0 Å². The van der Waals surface area contributed by atoms with Gasteiger partial charge in [-0.15, -0.1) is 0 Å². The minimum Gasteiger partial charge on any atom is -0.309 e. The van der Waals surface area contributed by atoms with Crippen LogP contribution in [0.3, 0.4) is 0 Å². The van der Waals surface area contributed by atoms with Gasteiger partial charge in [0, 0.05) is 32.9 Å². The topological polar surface area (TPSA) is 9.86 Å². The first-order valence-corrected chi connectivity index (χ1v) is 39.6. The van der Waals surface area contributed by atoms with Crippen LogP contribution in [0.1, 0.15) is 0 Å². The molecule has 0 radical (unpaired) electrons. The fourth-order valence-electron chi connectivity index (χ4n) is 19.4. The molecular weight excluding hydrogens is 1370 g/mol. The van der Waals surface area contributed by atoms with Crippen molar-refractivity contribution in [2.24, 2.45) is 0 Å². The highest BCUT2D eigenvalue weighted by Crippen LogP contribution is 2.50. The smallest absolute Gasteiger partial charge is 0.0541 e. The molecule has 0 bridgehead atoms. The molecular formula is C112H68N2. The largest absolute Gasteiger partial charge is 0.309 e. The molecule has 24 rings (SSSR count). The molecule has 24 aromatic rings. The van der Waals surface area contributed by atoms with Crippen LogP contribution < -0.4 is 0 Å². The lowest BCUT2D eigenvalue weighted by Gasteiger charge is -2.20. The molecule has 2 heteroatoms. The van der Waals surface area contributed by atoms with Crippen LogP contribution in [0, 0.1) is 0 Å². The Morgan fingerprint density at radius 1 is 0.123 bits per heavy atom. The number of fused-ring (bicyclic) bond motifs is 16. The van der Waals surface area contributed by atoms with Crippen LogP contribution in [-0.2, 0) is 0 Å². The second-order valence-corrected chi connectivity index (χ2v) is 31.0. The standard InChI is InChI=1S/C112H68N2/c1-2-20-73-58-76(37-36-69(73)18-1)81-48-55-100-103(67-81)111(98-30-9-7-28-96(98)109(100)71-44-51-89(52-45-71)113-105-33-14-11-25-93(105)94-26-12-15-34-106(94)113)84-43-41-80-62-86-61-77(38-39-79(86)63-88(80)65-84)82-50-57-108-102(66-82)95-27-13-16-35-107(95)114(108)90-53-46-72(47-54-90)110-97-29-8-10-31-99(97)112(85-42-40-78-59-74-21-3-4-22-75(74)60-87(78)64-85)104-68-83(49-56-101(104)110)92-32-17-23-70-19-5-6-24-91(70)92/h1-68H. The molecule has 0 fully saturated rings. The van der Waals surface area contributed by atoms with Gasteiger partial charge in [-0.05, 0) is 301 Å². The fraction of sp³-hybridized carbons (Fsp3) is 0. The van der Waals surface area contributed by atoms with Crippen molar-refractivity contribution in [1.29, 1.82) is 0 Å². The van der Waals surface area contributed by atoms with Crippen molar-refractivity contribution in [3.8, 4) is 89.3 Å². The van der Waals surface area contributed by atoms with E-state index in [-0.39, 0.29) is 0 Å². The molecule has 2 heterocycles. The van der Waals surface area contributed by atoms with Gasteiger partial charge in [-0.1, -0.05) is 297 Å². The van der Waals surface area contributed by atoms with Crippen LogP contribution in [0.5, 0.6) is 0 Å². The van der Waals surface area contributed by atoms with Gasteiger partial charge in [0.05, 0.1) is 22.1 Å². The summed E-state index contributed by atoms with van der Waals surface area (Å²) in [7, 11) is 0.